The summed E-state index contributed by atoms with van der Waals surface area (Å²) in [6.07, 6.45) is -3.70. The molecule has 0 heterocycles. The van der Waals surface area contributed by atoms with Crippen LogP contribution in [0.25, 0.3) is 0 Å². The minimum Gasteiger partial charge on any atom is -0.480 e. The van der Waals surface area contributed by atoms with Crippen LogP contribution in [0.5, 0.6) is 0 Å². The Labute approximate surface area is 342 Å². The highest BCUT2D eigenvalue weighted by Crippen LogP contribution is 2.15. The summed E-state index contributed by atoms with van der Waals surface area (Å²) in [5.41, 5.74) is 21.5. The highest BCUT2D eigenvalue weighted by molar-refractivity contribution is 5.96. The first-order valence-corrected chi connectivity index (χ1v) is 19.3. The molecule has 0 radical (unpaired) electrons. The Balaban J connectivity index is 6.16. The molecule has 0 aliphatic carbocycles. The Morgan fingerprint density at radius 1 is 0.593 bits per heavy atom. The van der Waals surface area contributed by atoms with Gasteiger partial charge in [-0.2, -0.15) is 0 Å². The van der Waals surface area contributed by atoms with E-state index in [0.717, 1.165) is 0 Å². The summed E-state index contributed by atoms with van der Waals surface area (Å²) in [4.78, 5) is 125. The van der Waals surface area contributed by atoms with Crippen molar-refractivity contribution in [1.82, 2.24) is 31.9 Å². The van der Waals surface area contributed by atoms with Gasteiger partial charge in [0.25, 0.3) is 0 Å². The van der Waals surface area contributed by atoms with Crippen molar-refractivity contribution in [3.05, 3.63) is 0 Å². The number of carbonyl (C=O) groups is 10. The molecule has 0 spiro atoms. The Morgan fingerprint density at radius 2 is 1.10 bits per heavy atom. The number of carboxylic acids is 1. The number of amides is 9. The van der Waals surface area contributed by atoms with Crippen molar-refractivity contribution in [1.29, 1.82) is 0 Å². The molecule has 0 saturated heterocycles. The number of nitrogens with one attached hydrogen (secondary N) is 6. The van der Waals surface area contributed by atoms with Crippen molar-refractivity contribution >= 4 is 59.1 Å². The number of primary amides is 3. The molecule has 0 aromatic heterocycles. The van der Waals surface area contributed by atoms with Crippen LogP contribution in [-0.2, 0) is 47.9 Å². The van der Waals surface area contributed by atoms with Crippen LogP contribution in [0.3, 0.4) is 0 Å². The van der Waals surface area contributed by atoms with Crippen molar-refractivity contribution in [3.8, 4) is 0 Å². The van der Waals surface area contributed by atoms with Crippen LogP contribution in [0.2, 0.25) is 0 Å². The summed E-state index contributed by atoms with van der Waals surface area (Å²) >= 11 is 0. The molecule has 0 bridgehead atoms. The molecule has 0 unspecified atom stereocenters. The maximum absolute atomic E-state index is 13.8. The van der Waals surface area contributed by atoms with Gasteiger partial charge >= 0.3 is 5.97 Å². The summed E-state index contributed by atoms with van der Waals surface area (Å²) in [7, 11) is 0. The molecule has 0 fully saturated rings. The van der Waals surface area contributed by atoms with Crippen LogP contribution < -0.4 is 54.8 Å². The molecule has 0 aromatic rings. The van der Waals surface area contributed by atoms with Crippen molar-refractivity contribution in [2.45, 2.75) is 141 Å². The van der Waals surface area contributed by atoms with E-state index in [0.29, 0.717) is 6.42 Å². The lowest BCUT2D eigenvalue weighted by Crippen LogP contribution is -2.60. The summed E-state index contributed by atoms with van der Waals surface area (Å²) < 4.78 is 0. The first-order valence-electron chi connectivity index (χ1n) is 19.3. The molecule has 23 heteroatoms. The minimum atomic E-state index is -1.77. The third kappa shape index (κ3) is 20.7. The monoisotopic (exact) mass is 844 g/mol. The molecule has 0 rings (SSSR count). The average Bonchev–Trinajstić information content (AvgIpc) is 3.13. The van der Waals surface area contributed by atoms with E-state index in [-0.39, 0.29) is 25.2 Å². The smallest absolute Gasteiger partial charge is 0.328 e. The fourth-order valence-corrected chi connectivity index (χ4v) is 5.54. The number of carbonyl (C=O) groups excluding carboxylic acids is 9. The Hall–Kier alpha value is -5.42. The Bertz CT molecular complexity index is 1490. The van der Waals surface area contributed by atoms with E-state index >= 15 is 0 Å². The van der Waals surface area contributed by atoms with Crippen molar-refractivity contribution < 1.29 is 63.3 Å². The first kappa shape index (κ1) is 53.6. The van der Waals surface area contributed by atoms with Gasteiger partial charge < -0.3 is 70.2 Å². The summed E-state index contributed by atoms with van der Waals surface area (Å²) in [5.74, 6) is -10.7. The van der Waals surface area contributed by atoms with Gasteiger partial charge in [-0.05, 0) is 37.0 Å². The normalized spacial score (nSPS) is 15.8. The molecule has 336 valence electrons. The predicted octanol–water partition coefficient (Wildman–Crippen LogP) is -4.80. The number of nitrogens with two attached hydrogens (primary N) is 4. The zero-order valence-electron chi connectivity index (χ0n) is 34.4. The van der Waals surface area contributed by atoms with Gasteiger partial charge in [0, 0.05) is 12.8 Å². The third-order valence-electron chi connectivity index (χ3n) is 9.16. The van der Waals surface area contributed by atoms with Crippen molar-refractivity contribution in [2.24, 2.45) is 40.7 Å². The van der Waals surface area contributed by atoms with Crippen LogP contribution in [-0.4, -0.2) is 129 Å². The summed E-state index contributed by atoms with van der Waals surface area (Å²) in [6.45, 7) is 9.32. The van der Waals surface area contributed by atoms with Crippen LogP contribution in [0, 0.1) is 17.8 Å². The number of aliphatic carboxylic acids is 1. The second-order valence-corrected chi connectivity index (χ2v) is 15.2. The van der Waals surface area contributed by atoms with E-state index in [9.17, 15) is 63.3 Å². The quantitative estimate of drug-likeness (QED) is 0.0336. The second-order valence-electron chi connectivity index (χ2n) is 15.2. The van der Waals surface area contributed by atoms with Gasteiger partial charge in [-0.25, -0.2) is 4.79 Å². The fraction of sp³-hybridized carbons (Fsp3) is 0.722. The topological polar surface area (TPSA) is 408 Å². The molecule has 23 nitrogen and oxygen atoms in total. The van der Waals surface area contributed by atoms with Crippen molar-refractivity contribution in [3.63, 3.8) is 0 Å². The molecule has 9 atom stereocenters. The Morgan fingerprint density at radius 3 is 1.58 bits per heavy atom. The molecule has 9 amide bonds. The predicted molar refractivity (Wildman–Crippen MR) is 209 cm³/mol. The first-order chi connectivity index (χ1) is 27.3. The molecular weight excluding hydrogens is 780 g/mol. The van der Waals surface area contributed by atoms with E-state index in [1.54, 1.807) is 41.5 Å². The van der Waals surface area contributed by atoms with Crippen LogP contribution in [0.4, 0.5) is 0 Å². The van der Waals surface area contributed by atoms with Crippen LogP contribution >= 0.6 is 0 Å². The number of carboxylic acid groups (broad SMARTS) is 1. The lowest BCUT2D eigenvalue weighted by molar-refractivity contribution is -0.143. The highest BCUT2D eigenvalue weighted by atomic mass is 16.4. The lowest BCUT2D eigenvalue weighted by Gasteiger charge is -2.31. The number of aliphatic hydroxyl groups is 2. The summed E-state index contributed by atoms with van der Waals surface area (Å²) in [6, 6.07) is -9.68. The van der Waals surface area contributed by atoms with Gasteiger partial charge in [0.15, 0.2) is 0 Å². The zero-order chi connectivity index (χ0) is 45.7. The number of aliphatic hydroxyl groups excluding tert-OH is 2. The standard InChI is InChI=1S/C36H64N10O13/c1-7-18(6)30(46-34(56)29(17(4)5)45-31(53)19(37)8-10-25(38)49)35(57)43-21(12-16(2)3)24(48)14-28(52)41-22(13-27(40)51)33(55)42-20(9-11-26(39)50)32(54)44-23(15-47)36(58)59/h16-24,29-30,47-48H,7-15,37H2,1-6H3,(H2,38,49)(H2,39,50)(H2,40,51)(H,41,52)(H,42,55)(H,43,57)(H,44,54)(H,45,53)(H,46,56)(H,58,59)/t18-,19-,20-,21+,22-,23-,24+,29-,30-/m0/s1. The second kappa shape index (κ2) is 26.6. The van der Waals surface area contributed by atoms with Crippen LogP contribution in [0.1, 0.15) is 92.9 Å². The molecule has 0 aliphatic heterocycles. The SMILES string of the molecule is CC[C@H](C)[C@H](NC(=O)[C@@H](NC(=O)[C@@H](N)CCC(N)=O)C(C)C)C(=O)N[C@H](CC(C)C)[C@H](O)CC(=O)N[C@@H](CC(N)=O)C(=O)N[C@@H](CCC(N)=O)C(=O)N[C@@H](CO)C(=O)O. The van der Waals surface area contributed by atoms with Crippen LogP contribution in [0.15, 0.2) is 0 Å². The van der Waals surface area contributed by atoms with Gasteiger partial charge in [-0.1, -0.05) is 48.0 Å². The maximum atomic E-state index is 13.8. The molecule has 59 heavy (non-hydrogen) atoms. The summed E-state index contributed by atoms with van der Waals surface area (Å²) in [5, 5.41) is 44.1. The zero-order valence-corrected chi connectivity index (χ0v) is 34.4. The van der Waals surface area contributed by atoms with Gasteiger partial charge in [0.05, 0.1) is 37.6 Å². The highest BCUT2D eigenvalue weighted by Gasteiger charge is 2.36. The minimum absolute atomic E-state index is 0.0532. The van der Waals surface area contributed by atoms with Gasteiger partial charge in [-0.3, -0.25) is 43.2 Å². The molecule has 0 saturated carbocycles. The third-order valence-corrected chi connectivity index (χ3v) is 9.16. The maximum Gasteiger partial charge on any atom is 0.328 e. The number of hydrogen-bond donors (Lipinski definition) is 13. The number of rotatable bonds is 29. The molecule has 0 aromatic carbocycles. The molecule has 17 N–H and O–H groups in total. The van der Waals surface area contributed by atoms with Gasteiger partial charge in [-0.15, -0.1) is 0 Å². The van der Waals surface area contributed by atoms with E-state index in [1.165, 1.54) is 0 Å². The lowest BCUT2D eigenvalue weighted by atomic mass is 9.93. The van der Waals surface area contributed by atoms with Gasteiger partial charge in [0.1, 0.15) is 30.2 Å². The fourth-order valence-electron chi connectivity index (χ4n) is 5.54. The Kier molecular flexibility index (Phi) is 24.1. The number of hydrogen-bond acceptors (Lipinski definition) is 13. The molecular formula is C36H64N10O13. The van der Waals surface area contributed by atoms with E-state index in [2.05, 4.69) is 26.6 Å². The van der Waals surface area contributed by atoms with E-state index < -0.39 is 152 Å². The largest absolute Gasteiger partial charge is 0.480 e. The van der Waals surface area contributed by atoms with Gasteiger partial charge in [0.2, 0.25) is 53.2 Å². The van der Waals surface area contributed by atoms with Crippen molar-refractivity contribution in [2.75, 3.05) is 6.61 Å². The van der Waals surface area contributed by atoms with E-state index in [4.69, 9.17) is 22.9 Å². The average molecular weight is 845 g/mol. The molecule has 0 aliphatic rings. The van der Waals surface area contributed by atoms with E-state index in [1.807, 2.05) is 5.32 Å².